The Balaban J connectivity index is 2.30. The van der Waals surface area contributed by atoms with E-state index >= 15 is 0 Å². The highest BCUT2D eigenvalue weighted by atomic mass is 79.9. The zero-order chi connectivity index (χ0) is 13.9. The first-order valence-electron chi connectivity index (χ1n) is 6.45. The number of alkyl halides is 1. The molecule has 0 unspecified atom stereocenters. The molecule has 0 amide bonds. The van der Waals surface area contributed by atoms with Crippen LogP contribution in [0.2, 0.25) is 0 Å². The van der Waals surface area contributed by atoms with Crippen LogP contribution in [-0.4, -0.2) is 17.9 Å². The second kappa shape index (κ2) is 5.63. The van der Waals surface area contributed by atoms with Gasteiger partial charge in [-0.2, -0.15) is 0 Å². The van der Waals surface area contributed by atoms with Crippen molar-refractivity contribution in [2.24, 2.45) is 0 Å². The number of esters is 1. The number of hydrogen-bond donors (Lipinski definition) is 0. The Morgan fingerprint density at radius 2 is 1.50 bits per heavy atom. The minimum Gasteiger partial charge on any atom is -0.461 e. The van der Waals surface area contributed by atoms with Gasteiger partial charge >= 0.3 is 5.97 Å². The Morgan fingerprint density at radius 1 is 0.950 bits per heavy atom. The lowest BCUT2D eigenvalue weighted by atomic mass is 9.97. The molecule has 0 N–H and O–H groups in total. The summed E-state index contributed by atoms with van der Waals surface area (Å²) in [5.74, 6) is -0.266. The molecule has 0 saturated heterocycles. The predicted molar refractivity (Wildman–Crippen MR) is 85.5 cm³/mol. The summed E-state index contributed by atoms with van der Waals surface area (Å²) in [7, 11) is 0. The van der Waals surface area contributed by atoms with Crippen LogP contribution in [-0.2, 0) is 4.74 Å². The Hall–Kier alpha value is -1.87. The van der Waals surface area contributed by atoms with Crippen LogP contribution in [0, 0.1) is 0 Å². The number of benzene rings is 3. The summed E-state index contributed by atoms with van der Waals surface area (Å²) >= 11 is 3.27. The molecular weight excluding hydrogens is 316 g/mol. The third-order valence-electron chi connectivity index (χ3n) is 3.29. The van der Waals surface area contributed by atoms with Crippen LogP contribution in [0.4, 0.5) is 0 Å². The molecular formula is C17H13BrO2. The van der Waals surface area contributed by atoms with Gasteiger partial charge in [0.2, 0.25) is 0 Å². The zero-order valence-electron chi connectivity index (χ0n) is 10.8. The Labute approximate surface area is 125 Å². The number of carbonyl (C=O) groups is 1. The Bertz CT molecular complexity index is 726. The van der Waals surface area contributed by atoms with E-state index in [0.29, 0.717) is 17.5 Å². The Morgan fingerprint density at radius 3 is 2.05 bits per heavy atom. The van der Waals surface area contributed by atoms with Gasteiger partial charge in [0, 0.05) is 5.33 Å². The molecule has 0 bridgehead atoms. The standard InChI is InChI=1S/C17H13BrO2/c18-9-10-20-17(19)16-14-7-3-1-5-12(14)11-13-6-2-4-8-15(13)16/h1-8,11H,9-10H2. The molecule has 3 rings (SSSR count). The fourth-order valence-electron chi connectivity index (χ4n) is 2.44. The van der Waals surface area contributed by atoms with Gasteiger partial charge in [0.1, 0.15) is 6.61 Å². The Kier molecular flexibility index (Phi) is 3.70. The van der Waals surface area contributed by atoms with Crippen molar-refractivity contribution < 1.29 is 9.53 Å². The maximum Gasteiger partial charge on any atom is 0.339 e. The largest absolute Gasteiger partial charge is 0.461 e. The predicted octanol–water partition coefficient (Wildman–Crippen LogP) is 4.54. The molecule has 3 aromatic carbocycles. The van der Waals surface area contributed by atoms with Crippen LogP contribution in [0.3, 0.4) is 0 Å². The molecule has 0 aliphatic rings. The van der Waals surface area contributed by atoms with Gasteiger partial charge in [-0.15, -0.1) is 0 Å². The maximum absolute atomic E-state index is 12.4. The molecule has 20 heavy (non-hydrogen) atoms. The second-order valence-electron chi connectivity index (χ2n) is 4.52. The van der Waals surface area contributed by atoms with Gasteiger partial charge in [-0.1, -0.05) is 64.5 Å². The zero-order valence-corrected chi connectivity index (χ0v) is 12.4. The van der Waals surface area contributed by atoms with Crippen molar-refractivity contribution in [3.63, 3.8) is 0 Å². The monoisotopic (exact) mass is 328 g/mol. The van der Waals surface area contributed by atoms with Gasteiger partial charge in [0.15, 0.2) is 0 Å². The molecule has 3 aromatic rings. The van der Waals surface area contributed by atoms with E-state index < -0.39 is 0 Å². The van der Waals surface area contributed by atoms with Crippen molar-refractivity contribution in [1.82, 2.24) is 0 Å². The van der Waals surface area contributed by atoms with Gasteiger partial charge in [-0.05, 0) is 27.6 Å². The lowest BCUT2D eigenvalue weighted by molar-refractivity contribution is 0.0536. The number of rotatable bonds is 3. The van der Waals surface area contributed by atoms with E-state index in [4.69, 9.17) is 4.74 Å². The van der Waals surface area contributed by atoms with Gasteiger partial charge in [-0.3, -0.25) is 0 Å². The number of hydrogen-bond acceptors (Lipinski definition) is 2. The van der Waals surface area contributed by atoms with E-state index in [1.807, 2.05) is 48.5 Å². The van der Waals surface area contributed by atoms with Gasteiger partial charge in [0.25, 0.3) is 0 Å². The molecule has 0 aliphatic heterocycles. The first-order valence-corrected chi connectivity index (χ1v) is 7.57. The van der Waals surface area contributed by atoms with Crippen LogP contribution in [0.25, 0.3) is 21.5 Å². The molecule has 3 heteroatoms. The van der Waals surface area contributed by atoms with Crippen LogP contribution >= 0.6 is 15.9 Å². The number of carbonyl (C=O) groups excluding carboxylic acids is 1. The van der Waals surface area contributed by atoms with Gasteiger partial charge < -0.3 is 4.74 Å². The maximum atomic E-state index is 12.4. The van der Waals surface area contributed by atoms with Crippen molar-refractivity contribution in [2.45, 2.75) is 0 Å². The minimum absolute atomic E-state index is 0.266. The average molecular weight is 329 g/mol. The van der Waals surface area contributed by atoms with Crippen molar-refractivity contribution in [3.05, 3.63) is 60.2 Å². The summed E-state index contributed by atoms with van der Waals surface area (Å²) in [6.07, 6.45) is 0. The molecule has 0 aliphatic carbocycles. The van der Waals surface area contributed by atoms with Crippen molar-refractivity contribution in [3.8, 4) is 0 Å². The molecule has 0 atom stereocenters. The quantitative estimate of drug-likeness (QED) is 0.400. The first-order chi connectivity index (χ1) is 9.81. The highest BCUT2D eigenvalue weighted by Crippen LogP contribution is 2.28. The fourth-order valence-corrected chi connectivity index (χ4v) is 2.60. The SMILES string of the molecule is O=C(OCCBr)c1c2ccccc2cc2ccccc12. The van der Waals surface area contributed by atoms with E-state index in [2.05, 4.69) is 22.0 Å². The third-order valence-corrected chi connectivity index (χ3v) is 3.61. The van der Waals surface area contributed by atoms with E-state index in [1.54, 1.807) is 0 Å². The lowest BCUT2D eigenvalue weighted by Gasteiger charge is -2.10. The molecule has 0 fully saturated rings. The first kappa shape index (κ1) is 13.1. The highest BCUT2D eigenvalue weighted by molar-refractivity contribution is 9.09. The number of ether oxygens (including phenoxy) is 1. The lowest BCUT2D eigenvalue weighted by Crippen LogP contribution is -2.08. The molecule has 0 heterocycles. The van der Waals surface area contributed by atoms with E-state index in [-0.39, 0.29) is 5.97 Å². The summed E-state index contributed by atoms with van der Waals surface area (Å²) in [6, 6.07) is 17.9. The molecule has 100 valence electrons. The van der Waals surface area contributed by atoms with Crippen LogP contribution in [0.1, 0.15) is 10.4 Å². The minimum atomic E-state index is -0.266. The number of halogens is 1. The highest BCUT2D eigenvalue weighted by Gasteiger charge is 2.15. The summed E-state index contributed by atoms with van der Waals surface area (Å²) in [5.41, 5.74) is 0.652. The molecule has 0 radical (unpaired) electrons. The third kappa shape index (κ3) is 2.29. The van der Waals surface area contributed by atoms with E-state index in [0.717, 1.165) is 21.5 Å². The van der Waals surface area contributed by atoms with Crippen LogP contribution in [0.15, 0.2) is 54.6 Å². The molecule has 0 spiro atoms. The molecule has 0 saturated carbocycles. The van der Waals surface area contributed by atoms with Crippen molar-refractivity contribution >= 4 is 43.4 Å². The van der Waals surface area contributed by atoms with E-state index in [9.17, 15) is 4.79 Å². The normalized spacial score (nSPS) is 10.8. The fraction of sp³-hybridized carbons (Fsp3) is 0.118. The van der Waals surface area contributed by atoms with Gasteiger partial charge in [-0.25, -0.2) is 4.79 Å². The molecule has 0 aromatic heterocycles. The van der Waals surface area contributed by atoms with Crippen LogP contribution in [0.5, 0.6) is 0 Å². The summed E-state index contributed by atoms with van der Waals surface area (Å²) in [5, 5.41) is 4.62. The summed E-state index contributed by atoms with van der Waals surface area (Å²) in [6.45, 7) is 0.371. The topological polar surface area (TPSA) is 26.3 Å². The number of fused-ring (bicyclic) bond motifs is 2. The summed E-state index contributed by atoms with van der Waals surface area (Å²) in [4.78, 5) is 12.4. The van der Waals surface area contributed by atoms with Crippen LogP contribution < -0.4 is 0 Å². The molecule has 2 nitrogen and oxygen atoms in total. The van der Waals surface area contributed by atoms with Gasteiger partial charge in [0.05, 0.1) is 5.56 Å². The summed E-state index contributed by atoms with van der Waals surface area (Å²) < 4.78 is 5.31. The van der Waals surface area contributed by atoms with E-state index in [1.165, 1.54) is 0 Å². The average Bonchev–Trinajstić information content (AvgIpc) is 2.50. The van der Waals surface area contributed by atoms with Crippen molar-refractivity contribution in [1.29, 1.82) is 0 Å². The second-order valence-corrected chi connectivity index (χ2v) is 5.31. The van der Waals surface area contributed by atoms with Crippen molar-refractivity contribution in [2.75, 3.05) is 11.9 Å². The smallest absolute Gasteiger partial charge is 0.339 e.